The minimum absolute atomic E-state index is 0.775. The Labute approximate surface area is 106 Å². The van der Waals surface area contributed by atoms with Crippen LogP contribution in [0, 0.1) is 0 Å². The topological polar surface area (TPSA) is 26.0 Å². The summed E-state index contributed by atoms with van der Waals surface area (Å²) in [6, 6.07) is 16.2. The van der Waals surface area contributed by atoms with Gasteiger partial charge in [0.2, 0.25) is 0 Å². The van der Waals surface area contributed by atoms with Crippen LogP contribution in [0.5, 0.6) is 0 Å². The molecule has 0 spiro atoms. The van der Waals surface area contributed by atoms with Crippen LogP contribution in [0.1, 0.15) is 11.1 Å². The summed E-state index contributed by atoms with van der Waals surface area (Å²) in [6.07, 6.45) is 2.06. The van der Waals surface area contributed by atoms with E-state index in [4.69, 9.17) is 5.73 Å². The first-order valence-corrected chi connectivity index (χ1v) is 6.63. The Kier molecular flexibility index (Phi) is 3.55. The van der Waals surface area contributed by atoms with Crippen LogP contribution in [0.15, 0.2) is 60.0 Å². The monoisotopic (exact) mass is 241 g/mol. The lowest BCUT2D eigenvalue weighted by molar-refractivity contribution is 1.43. The van der Waals surface area contributed by atoms with Crippen molar-refractivity contribution in [2.75, 3.05) is 12.0 Å². The fourth-order valence-corrected chi connectivity index (χ4v) is 2.16. The molecule has 17 heavy (non-hydrogen) atoms. The molecule has 0 saturated heterocycles. The molecule has 0 aliphatic carbocycles. The van der Waals surface area contributed by atoms with Crippen molar-refractivity contribution in [2.24, 2.45) is 0 Å². The second-order valence-electron chi connectivity index (χ2n) is 3.80. The summed E-state index contributed by atoms with van der Waals surface area (Å²) in [5.74, 6) is 0. The van der Waals surface area contributed by atoms with Gasteiger partial charge < -0.3 is 5.73 Å². The summed E-state index contributed by atoms with van der Waals surface area (Å²) in [7, 11) is 0. The molecule has 0 radical (unpaired) electrons. The minimum Gasteiger partial charge on any atom is -0.398 e. The molecule has 86 valence electrons. The highest BCUT2D eigenvalue weighted by atomic mass is 32.2. The van der Waals surface area contributed by atoms with Crippen LogP contribution >= 0.6 is 11.8 Å². The zero-order chi connectivity index (χ0) is 12.3. The molecule has 0 amide bonds. The molecule has 2 rings (SSSR count). The zero-order valence-corrected chi connectivity index (χ0v) is 10.6. The van der Waals surface area contributed by atoms with Crippen LogP contribution in [-0.4, -0.2) is 6.26 Å². The molecule has 0 aliphatic rings. The normalized spacial score (nSPS) is 10.2. The van der Waals surface area contributed by atoms with Gasteiger partial charge in [-0.05, 0) is 35.6 Å². The zero-order valence-electron chi connectivity index (χ0n) is 9.81. The molecule has 2 aromatic rings. The van der Waals surface area contributed by atoms with E-state index in [1.807, 2.05) is 42.5 Å². The van der Waals surface area contributed by atoms with Gasteiger partial charge in [-0.3, -0.25) is 0 Å². The third kappa shape index (κ3) is 2.53. The summed E-state index contributed by atoms with van der Waals surface area (Å²) in [5.41, 5.74) is 9.88. The molecule has 1 nitrogen and oxygen atoms in total. The van der Waals surface area contributed by atoms with Gasteiger partial charge in [-0.1, -0.05) is 36.9 Å². The molecule has 2 N–H and O–H groups in total. The molecule has 0 fully saturated rings. The van der Waals surface area contributed by atoms with Gasteiger partial charge in [0.1, 0.15) is 0 Å². The Bertz CT molecular complexity index is 532. The summed E-state index contributed by atoms with van der Waals surface area (Å²) in [5, 5.41) is 0. The number of hydrogen-bond donors (Lipinski definition) is 1. The van der Waals surface area contributed by atoms with Crippen molar-refractivity contribution in [1.82, 2.24) is 0 Å². The number of hydrogen-bond acceptors (Lipinski definition) is 2. The van der Waals surface area contributed by atoms with Crippen molar-refractivity contribution in [2.45, 2.75) is 4.90 Å². The van der Waals surface area contributed by atoms with Crippen molar-refractivity contribution in [3.05, 3.63) is 66.2 Å². The van der Waals surface area contributed by atoms with Crippen molar-refractivity contribution >= 4 is 23.0 Å². The lowest BCUT2D eigenvalue weighted by atomic mass is 9.98. The second kappa shape index (κ2) is 5.11. The molecular weight excluding hydrogens is 226 g/mol. The standard InChI is InChI=1S/C15H15NS/c1-11(12-6-4-3-5-7-12)14-10-13(17-2)8-9-15(14)16/h3-10H,1,16H2,2H3. The maximum absolute atomic E-state index is 6.01. The first-order valence-electron chi connectivity index (χ1n) is 5.40. The highest BCUT2D eigenvalue weighted by molar-refractivity contribution is 7.98. The third-order valence-electron chi connectivity index (χ3n) is 2.71. The Balaban J connectivity index is 2.44. The Morgan fingerprint density at radius 2 is 1.82 bits per heavy atom. The number of nitrogen functional groups attached to an aromatic ring is 1. The number of anilines is 1. The number of rotatable bonds is 3. The van der Waals surface area contributed by atoms with Crippen LogP contribution in [0.2, 0.25) is 0 Å². The van der Waals surface area contributed by atoms with E-state index in [2.05, 4.69) is 18.9 Å². The highest BCUT2D eigenvalue weighted by Gasteiger charge is 2.06. The van der Waals surface area contributed by atoms with Crippen LogP contribution in [0.25, 0.3) is 5.57 Å². The smallest absolute Gasteiger partial charge is 0.0394 e. The van der Waals surface area contributed by atoms with Gasteiger partial charge in [-0.25, -0.2) is 0 Å². The molecule has 0 unspecified atom stereocenters. The average molecular weight is 241 g/mol. The van der Waals surface area contributed by atoms with Crippen LogP contribution in [0.3, 0.4) is 0 Å². The highest BCUT2D eigenvalue weighted by Crippen LogP contribution is 2.29. The fraction of sp³-hybridized carbons (Fsp3) is 0.0667. The van der Waals surface area contributed by atoms with E-state index in [1.54, 1.807) is 11.8 Å². The molecule has 2 aromatic carbocycles. The number of thioether (sulfide) groups is 1. The van der Waals surface area contributed by atoms with Crippen molar-refractivity contribution < 1.29 is 0 Å². The molecule has 0 aliphatic heterocycles. The average Bonchev–Trinajstić information content (AvgIpc) is 2.39. The van der Waals surface area contributed by atoms with Gasteiger partial charge in [0, 0.05) is 16.1 Å². The molecule has 0 atom stereocenters. The summed E-state index contributed by atoms with van der Waals surface area (Å²) >= 11 is 1.71. The van der Waals surface area contributed by atoms with E-state index in [-0.39, 0.29) is 0 Å². The Morgan fingerprint density at radius 1 is 1.12 bits per heavy atom. The molecule has 0 aromatic heterocycles. The van der Waals surface area contributed by atoms with Gasteiger partial charge in [-0.15, -0.1) is 11.8 Å². The number of nitrogens with two attached hydrogens (primary N) is 1. The van der Waals surface area contributed by atoms with Crippen molar-refractivity contribution in [3.8, 4) is 0 Å². The third-order valence-corrected chi connectivity index (χ3v) is 3.43. The first kappa shape index (κ1) is 11.8. The van der Waals surface area contributed by atoms with E-state index >= 15 is 0 Å². The fourth-order valence-electron chi connectivity index (χ4n) is 1.72. The minimum atomic E-state index is 0.775. The second-order valence-corrected chi connectivity index (χ2v) is 4.68. The van der Waals surface area contributed by atoms with E-state index in [0.717, 1.165) is 22.4 Å². The van der Waals surface area contributed by atoms with Crippen LogP contribution in [0.4, 0.5) is 5.69 Å². The van der Waals surface area contributed by atoms with Gasteiger partial charge in [-0.2, -0.15) is 0 Å². The maximum Gasteiger partial charge on any atom is 0.0394 e. The van der Waals surface area contributed by atoms with Crippen molar-refractivity contribution in [1.29, 1.82) is 0 Å². The number of benzene rings is 2. The van der Waals surface area contributed by atoms with Gasteiger partial charge >= 0.3 is 0 Å². The summed E-state index contributed by atoms with van der Waals surface area (Å²) < 4.78 is 0. The van der Waals surface area contributed by atoms with E-state index in [1.165, 1.54) is 4.90 Å². The maximum atomic E-state index is 6.01. The van der Waals surface area contributed by atoms with Gasteiger partial charge in [0.25, 0.3) is 0 Å². The largest absolute Gasteiger partial charge is 0.398 e. The first-order chi connectivity index (χ1) is 8.22. The predicted octanol–water partition coefficient (Wildman–Crippen LogP) is 4.05. The van der Waals surface area contributed by atoms with Gasteiger partial charge in [0.15, 0.2) is 0 Å². The molecule has 0 bridgehead atoms. The predicted molar refractivity (Wildman–Crippen MR) is 77.2 cm³/mol. The van der Waals surface area contributed by atoms with Crippen LogP contribution < -0.4 is 5.73 Å². The molecule has 0 heterocycles. The van der Waals surface area contributed by atoms with Crippen LogP contribution in [-0.2, 0) is 0 Å². The van der Waals surface area contributed by atoms with E-state index in [9.17, 15) is 0 Å². The Morgan fingerprint density at radius 3 is 2.47 bits per heavy atom. The van der Waals surface area contributed by atoms with E-state index < -0.39 is 0 Å². The molecule has 0 saturated carbocycles. The van der Waals surface area contributed by atoms with Crippen molar-refractivity contribution in [3.63, 3.8) is 0 Å². The Hall–Kier alpha value is -1.67. The quantitative estimate of drug-likeness (QED) is 0.648. The molecule has 2 heteroatoms. The lowest BCUT2D eigenvalue weighted by Crippen LogP contribution is -1.94. The SMILES string of the molecule is C=C(c1ccccc1)c1cc(SC)ccc1N. The van der Waals surface area contributed by atoms with Gasteiger partial charge in [0.05, 0.1) is 0 Å². The van der Waals surface area contributed by atoms with E-state index in [0.29, 0.717) is 0 Å². The molecular formula is C15H15NS. The summed E-state index contributed by atoms with van der Waals surface area (Å²) in [4.78, 5) is 1.20. The lowest BCUT2D eigenvalue weighted by Gasteiger charge is -2.10. The summed E-state index contributed by atoms with van der Waals surface area (Å²) in [6.45, 7) is 4.14.